The van der Waals surface area contributed by atoms with Crippen molar-refractivity contribution in [1.82, 2.24) is 0 Å². The fourth-order valence-corrected chi connectivity index (χ4v) is 2.57. The minimum Gasteiger partial charge on any atom is -0.478 e. The van der Waals surface area contributed by atoms with Crippen molar-refractivity contribution in [3.8, 4) is 23.0 Å². The Morgan fingerprint density at radius 3 is 2.08 bits per heavy atom. The molecule has 0 aliphatic heterocycles. The molecule has 0 radical (unpaired) electrons. The van der Waals surface area contributed by atoms with E-state index in [-0.39, 0.29) is 11.1 Å². The van der Waals surface area contributed by atoms with E-state index in [1.165, 1.54) is 18.2 Å². The number of rotatable bonds is 3. The molecule has 0 aliphatic carbocycles. The first kappa shape index (κ1) is 17.0. The van der Waals surface area contributed by atoms with Gasteiger partial charge < -0.3 is 10.2 Å². The van der Waals surface area contributed by atoms with Gasteiger partial charge in [-0.2, -0.15) is 0 Å². The van der Waals surface area contributed by atoms with Gasteiger partial charge in [-0.05, 0) is 47.5 Å². The van der Waals surface area contributed by atoms with Crippen molar-refractivity contribution in [2.24, 2.45) is 0 Å². The van der Waals surface area contributed by atoms with Crippen molar-refractivity contribution < 1.29 is 19.8 Å². The van der Waals surface area contributed by atoms with E-state index < -0.39 is 11.9 Å². The van der Waals surface area contributed by atoms with E-state index in [0.717, 1.165) is 5.56 Å². The number of benzene rings is 3. The summed E-state index contributed by atoms with van der Waals surface area (Å²) >= 11 is 0. The Bertz CT molecular complexity index is 1040. The third kappa shape index (κ3) is 3.63. The van der Waals surface area contributed by atoms with Crippen molar-refractivity contribution in [2.75, 3.05) is 0 Å². The Kier molecular flexibility index (Phi) is 4.82. The Balaban J connectivity index is 2.17. The first-order chi connectivity index (χ1) is 12.6. The highest BCUT2D eigenvalue weighted by molar-refractivity contribution is 5.99. The fraction of sp³-hybridized carbons (Fsp3) is 0. The Morgan fingerprint density at radius 2 is 1.38 bits per heavy atom. The molecular formula is C22H14O4. The van der Waals surface area contributed by atoms with Crippen molar-refractivity contribution in [3.05, 3.63) is 95.1 Å². The maximum Gasteiger partial charge on any atom is 0.336 e. The van der Waals surface area contributed by atoms with Crippen LogP contribution in [0.4, 0.5) is 0 Å². The lowest BCUT2D eigenvalue weighted by molar-refractivity contribution is 0.0682. The second-order valence-electron chi connectivity index (χ2n) is 5.53. The summed E-state index contributed by atoms with van der Waals surface area (Å²) < 4.78 is 0. The van der Waals surface area contributed by atoms with E-state index in [1.807, 2.05) is 30.3 Å². The number of carboxylic acid groups (broad SMARTS) is 2. The van der Waals surface area contributed by atoms with Gasteiger partial charge in [-0.25, -0.2) is 9.59 Å². The third-order valence-corrected chi connectivity index (χ3v) is 3.83. The number of carbonyl (C=O) groups is 2. The van der Waals surface area contributed by atoms with E-state index >= 15 is 0 Å². The summed E-state index contributed by atoms with van der Waals surface area (Å²) in [6.45, 7) is 0. The van der Waals surface area contributed by atoms with Crippen LogP contribution >= 0.6 is 0 Å². The van der Waals surface area contributed by atoms with Gasteiger partial charge in [-0.1, -0.05) is 48.2 Å². The van der Waals surface area contributed by atoms with Gasteiger partial charge in [-0.3, -0.25) is 0 Å². The molecule has 26 heavy (non-hydrogen) atoms. The van der Waals surface area contributed by atoms with Gasteiger partial charge in [0.2, 0.25) is 0 Å². The lowest BCUT2D eigenvalue weighted by Gasteiger charge is -2.10. The molecule has 126 valence electrons. The highest BCUT2D eigenvalue weighted by Crippen LogP contribution is 2.28. The molecule has 3 aromatic rings. The Labute approximate surface area is 150 Å². The van der Waals surface area contributed by atoms with Crippen molar-refractivity contribution in [3.63, 3.8) is 0 Å². The molecule has 0 aliphatic rings. The van der Waals surface area contributed by atoms with Crippen LogP contribution in [0.25, 0.3) is 11.1 Å². The maximum absolute atomic E-state index is 11.6. The molecule has 0 fully saturated rings. The summed E-state index contributed by atoms with van der Waals surface area (Å²) in [5.74, 6) is 3.86. The molecule has 0 atom stereocenters. The number of hydrogen-bond donors (Lipinski definition) is 2. The zero-order chi connectivity index (χ0) is 18.5. The summed E-state index contributed by atoms with van der Waals surface area (Å²) in [4.78, 5) is 22.9. The summed E-state index contributed by atoms with van der Waals surface area (Å²) in [6, 6.07) is 20.5. The minimum absolute atomic E-state index is 0.0239. The molecular weight excluding hydrogens is 328 g/mol. The van der Waals surface area contributed by atoms with E-state index in [0.29, 0.717) is 16.7 Å². The molecule has 0 heterocycles. The quantitative estimate of drug-likeness (QED) is 0.701. The molecule has 3 aromatic carbocycles. The Morgan fingerprint density at radius 1 is 0.692 bits per heavy atom. The van der Waals surface area contributed by atoms with Gasteiger partial charge in [0.15, 0.2) is 0 Å². The average molecular weight is 342 g/mol. The standard InChI is InChI=1S/C22H14O4/c23-21(24)17-12-13-19(22(25)26)20(14-17)18-9-5-4-8-16(18)11-10-15-6-2-1-3-7-15/h1-9,12-14H,(H,23,24)(H,25,26). The predicted molar refractivity (Wildman–Crippen MR) is 98.2 cm³/mol. The lowest BCUT2D eigenvalue weighted by Crippen LogP contribution is -2.04. The van der Waals surface area contributed by atoms with E-state index in [2.05, 4.69) is 11.8 Å². The van der Waals surface area contributed by atoms with Crippen LogP contribution in [0.3, 0.4) is 0 Å². The fourth-order valence-electron chi connectivity index (χ4n) is 2.57. The molecule has 0 unspecified atom stereocenters. The van der Waals surface area contributed by atoms with Gasteiger partial charge in [0, 0.05) is 11.1 Å². The summed E-state index contributed by atoms with van der Waals surface area (Å²) in [5, 5.41) is 18.7. The first-order valence-corrected chi connectivity index (χ1v) is 7.83. The third-order valence-electron chi connectivity index (χ3n) is 3.83. The molecule has 0 amide bonds. The molecule has 0 saturated heterocycles. The molecule has 0 aromatic heterocycles. The number of hydrogen-bond acceptors (Lipinski definition) is 2. The van der Waals surface area contributed by atoms with Crippen molar-refractivity contribution in [1.29, 1.82) is 0 Å². The SMILES string of the molecule is O=C(O)c1ccc(C(=O)O)c(-c2ccccc2C#Cc2ccccc2)c1. The van der Waals surface area contributed by atoms with E-state index in [1.54, 1.807) is 24.3 Å². The summed E-state index contributed by atoms with van der Waals surface area (Å²) in [6.07, 6.45) is 0. The van der Waals surface area contributed by atoms with E-state index in [4.69, 9.17) is 0 Å². The zero-order valence-corrected chi connectivity index (χ0v) is 13.6. The van der Waals surface area contributed by atoms with Gasteiger partial charge >= 0.3 is 11.9 Å². The van der Waals surface area contributed by atoms with Crippen molar-refractivity contribution in [2.45, 2.75) is 0 Å². The van der Waals surface area contributed by atoms with Gasteiger partial charge in [0.25, 0.3) is 0 Å². The van der Waals surface area contributed by atoms with E-state index in [9.17, 15) is 19.8 Å². The second kappa shape index (κ2) is 7.37. The molecule has 3 rings (SSSR count). The molecule has 0 spiro atoms. The van der Waals surface area contributed by atoms with Crippen molar-refractivity contribution >= 4 is 11.9 Å². The maximum atomic E-state index is 11.6. The highest BCUT2D eigenvalue weighted by Gasteiger charge is 2.16. The van der Waals surface area contributed by atoms with Crippen LogP contribution in [0.2, 0.25) is 0 Å². The minimum atomic E-state index is -1.12. The second-order valence-corrected chi connectivity index (χ2v) is 5.53. The molecule has 0 bridgehead atoms. The first-order valence-electron chi connectivity index (χ1n) is 7.83. The van der Waals surface area contributed by atoms with Crippen LogP contribution in [-0.4, -0.2) is 22.2 Å². The summed E-state index contributed by atoms with van der Waals surface area (Å²) in [7, 11) is 0. The van der Waals surface area contributed by atoms with Crippen LogP contribution < -0.4 is 0 Å². The lowest BCUT2D eigenvalue weighted by atomic mass is 9.93. The largest absolute Gasteiger partial charge is 0.478 e. The van der Waals surface area contributed by atoms with Gasteiger partial charge in [0.05, 0.1) is 11.1 Å². The Hall–Kier alpha value is -3.84. The highest BCUT2D eigenvalue weighted by atomic mass is 16.4. The summed E-state index contributed by atoms with van der Waals surface area (Å²) in [5.41, 5.74) is 2.42. The number of carboxylic acids is 2. The van der Waals surface area contributed by atoms with Crippen LogP contribution in [0.1, 0.15) is 31.8 Å². The van der Waals surface area contributed by atoms with Crippen LogP contribution in [0.15, 0.2) is 72.8 Å². The molecule has 2 N–H and O–H groups in total. The van der Waals surface area contributed by atoms with Crippen LogP contribution in [-0.2, 0) is 0 Å². The van der Waals surface area contributed by atoms with Gasteiger partial charge in [-0.15, -0.1) is 0 Å². The zero-order valence-electron chi connectivity index (χ0n) is 13.6. The smallest absolute Gasteiger partial charge is 0.336 e. The predicted octanol–water partition coefficient (Wildman–Crippen LogP) is 4.15. The van der Waals surface area contributed by atoms with Crippen LogP contribution in [0, 0.1) is 11.8 Å². The van der Waals surface area contributed by atoms with Crippen LogP contribution in [0.5, 0.6) is 0 Å². The molecule has 4 nitrogen and oxygen atoms in total. The molecule has 4 heteroatoms. The average Bonchev–Trinajstić information content (AvgIpc) is 2.67. The van der Waals surface area contributed by atoms with Gasteiger partial charge in [0.1, 0.15) is 0 Å². The normalized spacial score (nSPS) is 9.85. The molecule has 0 saturated carbocycles. The number of aromatic carboxylic acids is 2. The monoisotopic (exact) mass is 342 g/mol. The topological polar surface area (TPSA) is 74.6 Å².